The summed E-state index contributed by atoms with van der Waals surface area (Å²) in [7, 11) is 4.47. The smallest absolute Gasteiger partial charge is 0.416 e. The molecule has 6 rings (SSSR count). The first-order chi connectivity index (χ1) is 21.3. The molecule has 0 fully saturated rings. The maximum absolute atomic E-state index is 13.6. The molecular formula is C30H26F6N2O6S. The largest absolute Gasteiger partial charge is 0.493 e. The summed E-state index contributed by atoms with van der Waals surface area (Å²) in [6.45, 7) is 0.343. The Morgan fingerprint density at radius 3 is 2.22 bits per heavy atom. The fourth-order valence-corrected chi connectivity index (χ4v) is 6.38. The highest BCUT2D eigenvalue weighted by Gasteiger charge is 2.45. The van der Waals surface area contributed by atoms with Gasteiger partial charge in [0.05, 0.1) is 45.1 Å². The van der Waals surface area contributed by atoms with Crippen LogP contribution >= 0.6 is 12.2 Å². The van der Waals surface area contributed by atoms with Gasteiger partial charge in [-0.15, -0.1) is 0 Å². The summed E-state index contributed by atoms with van der Waals surface area (Å²) < 4.78 is 116. The molecule has 0 saturated heterocycles. The molecule has 0 saturated carbocycles. The van der Waals surface area contributed by atoms with Gasteiger partial charge in [0.15, 0.2) is 28.1 Å². The molecule has 3 aliphatic heterocycles. The quantitative estimate of drug-likeness (QED) is 0.230. The summed E-state index contributed by atoms with van der Waals surface area (Å²) in [5.74, 6) is 2.17. The summed E-state index contributed by atoms with van der Waals surface area (Å²) in [6, 6.07) is 5.85. The molecule has 3 aliphatic rings. The fourth-order valence-electron chi connectivity index (χ4n) is 6.06. The number of thiocarbonyl (C=S) groups is 1. The Labute approximate surface area is 258 Å². The third-order valence-corrected chi connectivity index (χ3v) is 8.32. The number of nitrogens with zero attached hydrogens (tertiary/aromatic N) is 1. The second-order valence-electron chi connectivity index (χ2n) is 10.4. The van der Waals surface area contributed by atoms with Gasteiger partial charge in [-0.1, -0.05) is 6.07 Å². The van der Waals surface area contributed by atoms with Gasteiger partial charge in [0.1, 0.15) is 6.10 Å². The Balaban J connectivity index is 1.46. The maximum Gasteiger partial charge on any atom is 0.416 e. The van der Waals surface area contributed by atoms with E-state index in [2.05, 4.69) is 5.32 Å². The zero-order valence-corrected chi connectivity index (χ0v) is 24.8. The van der Waals surface area contributed by atoms with Crippen molar-refractivity contribution in [2.24, 2.45) is 0 Å². The van der Waals surface area contributed by atoms with E-state index in [1.54, 1.807) is 11.0 Å². The van der Waals surface area contributed by atoms with Crippen molar-refractivity contribution in [3.8, 4) is 28.7 Å². The third kappa shape index (κ3) is 5.41. The van der Waals surface area contributed by atoms with Crippen molar-refractivity contribution in [3.63, 3.8) is 0 Å². The molecule has 0 amide bonds. The zero-order chi connectivity index (χ0) is 32.3. The number of anilines is 1. The maximum atomic E-state index is 13.6. The summed E-state index contributed by atoms with van der Waals surface area (Å²) >= 11 is 5.69. The van der Waals surface area contributed by atoms with E-state index in [1.807, 2.05) is 12.1 Å². The van der Waals surface area contributed by atoms with Crippen LogP contribution in [0.25, 0.3) is 0 Å². The molecule has 3 aromatic rings. The standard InChI is InChI=1S/C30H26F6N2O6S/c1-39-20-5-4-18-19(24(20)40-2)12-42-25(18)23-22-14(8-21-26(27(22)41-3)44-13-43-21)6-7-38(23)28(45)37-17-10-15(29(31,32)33)9-16(11-17)30(34,35)36/h4-5,8-11,23,25H,6-7,12-13H2,1-3H3,(H,37,45)/t23-,25+/m1/s1. The molecule has 45 heavy (non-hydrogen) atoms. The Kier molecular flexibility index (Phi) is 7.80. The lowest BCUT2D eigenvalue weighted by Gasteiger charge is -2.42. The first-order valence-electron chi connectivity index (χ1n) is 13.6. The number of methoxy groups -OCH3 is 3. The first kappa shape index (κ1) is 30.9. The normalized spacial score (nSPS) is 18.7. The highest BCUT2D eigenvalue weighted by molar-refractivity contribution is 7.80. The molecule has 0 aliphatic carbocycles. The van der Waals surface area contributed by atoms with Crippen LogP contribution < -0.4 is 29.0 Å². The van der Waals surface area contributed by atoms with Crippen LogP contribution in [0.1, 0.15) is 45.5 Å². The number of halogens is 6. The zero-order valence-electron chi connectivity index (χ0n) is 24.0. The van der Waals surface area contributed by atoms with E-state index in [1.165, 1.54) is 21.3 Å². The molecule has 240 valence electrons. The highest BCUT2D eigenvalue weighted by Crippen LogP contribution is 2.56. The molecule has 15 heteroatoms. The predicted molar refractivity (Wildman–Crippen MR) is 152 cm³/mol. The van der Waals surface area contributed by atoms with E-state index in [0.717, 1.165) is 16.7 Å². The van der Waals surface area contributed by atoms with Crippen molar-refractivity contribution in [3.05, 3.63) is 69.8 Å². The third-order valence-electron chi connectivity index (χ3n) is 7.99. The molecule has 8 nitrogen and oxygen atoms in total. The molecule has 0 spiro atoms. The average Bonchev–Trinajstić information content (AvgIpc) is 3.64. The molecule has 3 heterocycles. The topological polar surface area (TPSA) is 70.7 Å². The molecule has 3 aromatic carbocycles. The van der Waals surface area contributed by atoms with Crippen molar-refractivity contribution in [2.75, 3.05) is 40.0 Å². The van der Waals surface area contributed by atoms with Crippen molar-refractivity contribution in [1.29, 1.82) is 0 Å². The van der Waals surface area contributed by atoms with Crippen LogP contribution in [0.2, 0.25) is 0 Å². The van der Waals surface area contributed by atoms with Gasteiger partial charge >= 0.3 is 12.4 Å². The van der Waals surface area contributed by atoms with Crippen LogP contribution in [0.3, 0.4) is 0 Å². The van der Waals surface area contributed by atoms with Crippen LogP contribution in [0.15, 0.2) is 36.4 Å². The Morgan fingerprint density at radius 2 is 1.60 bits per heavy atom. The lowest BCUT2D eigenvalue weighted by Crippen LogP contribution is -2.44. The molecule has 0 bridgehead atoms. The highest BCUT2D eigenvalue weighted by atomic mass is 32.1. The lowest BCUT2D eigenvalue weighted by atomic mass is 9.85. The van der Waals surface area contributed by atoms with Crippen LogP contribution in [0, 0.1) is 0 Å². The lowest BCUT2D eigenvalue weighted by molar-refractivity contribution is -0.143. The number of hydrogen-bond acceptors (Lipinski definition) is 7. The molecule has 1 N–H and O–H groups in total. The number of nitrogens with one attached hydrogen (secondary N) is 1. The van der Waals surface area contributed by atoms with Crippen LogP contribution in [0.5, 0.6) is 28.7 Å². The van der Waals surface area contributed by atoms with E-state index in [-0.39, 0.29) is 31.1 Å². The molecular weight excluding hydrogens is 630 g/mol. The van der Waals surface area contributed by atoms with Gasteiger partial charge in [0.2, 0.25) is 12.5 Å². The number of fused-ring (bicyclic) bond motifs is 3. The van der Waals surface area contributed by atoms with Gasteiger partial charge in [0, 0.05) is 23.4 Å². The van der Waals surface area contributed by atoms with Gasteiger partial charge in [-0.3, -0.25) is 0 Å². The SMILES string of the molecule is COc1ccc2c(c1OC)CO[C@@H]2[C@H]1c2c(cc3c(c2OC)OCO3)CCN1C(=S)Nc1cc(C(F)(F)F)cc(C(F)(F)F)c1. The molecule has 0 unspecified atom stereocenters. The van der Waals surface area contributed by atoms with Crippen molar-refractivity contribution in [2.45, 2.75) is 37.5 Å². The second kappa shape index (κ2) is 11.4. The minimum atomic E-state index is -5.02. The first-order valence-corrected chi connectivity index (χ1v) is 14.0. The number of benzene rings is 3. The molecule has 0 aromatic heterocycles. The number of rotatable bonds is 5. The van der Waals surface area contributed by atoms with Gasteiger partial charge in [-0.2, -0.15) is 26.3 Å². The summed E-state index contributed by atoms with van der Waals surface area (Å²) in [4.78, 5) is 1.67. The van der Waals surface area contributed by atoms with E-state index in [9.17, 15) is 26.3 Å². The van der Waals surface area contributed by atoms with Crippen LogP contribution in [-0.2, 0) is 30.1 Å². The van der Waals surface area contributed by atoms with Gasteiger partial charge in [0.25, 0.3) is 0 Å². The predicted octanol–water partition coefficient (Wildman–Crippen LogP) is 7.05. The molecule has 0 radical (unpaired) electrons. The van der Waals surface area contributed by atoms with Crippen LogP contribution in [-0.4, -0.2) is 44.7 Å². The minimum absolute atomic E-state index is 0.0280. The van der Waals surface area contributed by atoms with E-state index < -0.39 is 41.3 Å². The van der Waals surface area contributed by atoms with Crippen molar-refractivity contribution in [1.82, 2.24) is 4.90 Å². The second-order valence-corrected chi connectivity index (χ2v) is 10.8. The monoisotopic (exact) mass is 656 g/mol. The number of ether oxygens (including phenoxy) is 6. The van der Waals surface area contributed by atoms with Crippen LogP contribution in [0.4, 0.5) is 32.0 Å². The Hall–Kier alpha value is -4.11. The summed E-state index contributed by atoms with van der Waals surface area (Å²) in [5, 5.41) is 2.52. The Bertz CT molecular complexity index is 1630. The molecule has 2 atom stereocenters. The van der Waals surface area contributed by atoms with Crippen molar-refractivity contribution >= 4 is 23.0 Å². The van der Waals surface area contributed by atoms with Gasteiger partial charge < -0.3 is 38.6 Å². The van der Waals surface area contributed by atoms with E-state index in [0.29, 0.717) is 52.9 Å². The van der Waals surface area contributed by atoms with Gasteiger partial charge in [-0.05, 0) is 60.1 Å². The van der Waals surface area contributed by atoms with Gasteiger partial charge in [-0.25, -0.2) is 0 Å². The summed E-state index contributed by atoms with van der Waals surface area (Å²) in [5.41, 5.74) is -0.487. The minimum Gasteiger partial charge on any atom is -0.493 e. The fraction of sp³-hybridized carbons (Fsp3) is 0.367. The van der Waals surface area contributed by atoms with E-state index in [4.69, 9.17) is 40.6 Å². The van der Waals surface area contributed by atoms with Crippen molar-refractivity contribution < 1.29 is 54.8 Å². The average molecular weight is 657 g/mol. The van der Waals surface area contributed by atoms with E-state index >= 15 is 0 Å². The number of alkyl halides is 6. The summed E-state index contributed by atoms with van der Waals surface area (Å²) in [6.07, 6.45) is -10.4. The number of hydrogen-bond donors (Lipinski definition) is 1. The Morgan fingerprint density at radius 1 is 0.911 bits per heavy atom.